The number of carbonyl (C=O) groups excluding carboxylic acids is 1. The first kappa shape index (κ1) is 14.7. The number of nitrogens with zero attached hydrogens (tertiary/aromatic N) is 1. The van der Waals surface area contributed by atoms with Crippen LogP contribution in [0.1, 0.15) is 25.7 Å². The number of hydrogen-bond donors (Lipinski definition) is 3. The van der Waals surface area contributed by atoms with E-state index in [-0.39, 0.29) is 4.90 Å². The lowest BCUT2D eigenvalue weighted by Crippen LogP contribution is -2.50. The molecule has 0 radical (unpaired) electrons. The second-order valence-corrected chi connectivity index (χ2v) is 6.41. The van der Waals surface area contributed by atoms with E-state index in [1.165, 1.54) is 18.3 Å². The molecule has 1 fully saturated rings. The first-order valence-electron chi connectivity index (χ1n) is 6.40. The number of sulfonamides is 1. The molecule has 0 spiro atoms. The van der Waals surface area contributed by atoms with Crippen molar-refractivity contribution in [3.05, 3.63) is 24.5 Å². The van der Waals surface area contributed by atoms with E-state index in [4.69, 9.17) is 0 Å². The highest BCUT2D eigenvalue weighted by Crippen LogP contribution is 2.18. The molecule has 1 aromatic heterocycles. The summed E-state index contributed by atoms with van der Waals surface area (Å²) in [5.41, 5.74) is 0. The van der Waals surface area contributed by atoms with Crippen LogP contribution in [0, 0.1) is 0 Å². The van der Waals surface area contributed by atoms with Crippen molar-refractivity contribution >= 4 is 16.1 Å². The maximum absolute atomic E-state index is 11.9. The van der Waals surface area contributed by atoms with Crippen molar-refractivity contribution in [2.24, 2.45) is 0 Å². The molecule has 0 aromatic carbocycles. The fourth-order valence-electron chi connectivity index (χ4n) is 2.16. The highest BCUT2D eigenvalue weighted by molar-refractivity contribution is 7.90. The van der Waals surface area contributed by atoms with E-state index in [0.29, 0.717) is 12.8 Å². The fraction of sp³-hybridized carbons (Fsp3) is 0.500. The predicted octanol–water partition coefficient (Wildman–Crippen LogP) is 0.373. The van der Waals surface area contributed by atoms with Crippen molar-refractivity contribution in [3.63, 3.8) is 0 Å². The van der Waals surface area contributed by atoms with Gasteiger partial charge in [0.05, 0.1) is 12.1 Å². The Morgan fingerprint density at radius 3 is 2.75 bits per heavy atom. The summed E-state index contributed by atoms with van der Waals surface area (Å²) in [5.74, 6) is 0. The topological polar surface area (TPSA) is 108 Å². The standard InChI is InChI=1S/C12H17N3O4S/c16-11-6-2-1-5-10(11)14-12(17)15-20(18,19)9-4-3-7-13-8-9/h3-4,7-8,10-11,16H,1-2,5-6H2,(H2,14,15,17)/t10-,11-/m1/s1. The molecule has 0 bridgehead atoms. The molecule has 3 N–H and O–H groups in total. The zero-order valence-corrected chi connectivity index (χ0v) is 11.6. The Bertz CT molecular complexity index is 561. The maximum Gasteiger partial charge on any atom is 0.329 e. The second kappa shape index (κ2) is 6.19. The minimum Gasteiger partial charge on any atom is -0.391 e. The third-order valence-electron chi connectivity index (χ3n) is 3.22. The third-order valence-corrected chi connectivity index (χ3v) is 4.53. The van der Waals surface area contributed by atoms with Crippen molar-refractivity contribution in [3.8, 4) is 0 Å². The summed E-state index contributed by atoms with van der Waals surface area (Å²) >= 11 is 0. The Hall–Kier alpha value is -1.67. The lowest BCUT2D eigenvalue weighted by molar-refractivity contribution is 0.0948. The smallest absolute Gasteiger partial charge is 0.329 e. The second-order valence-electron chi connectivity index (χ2n) is 4.73. The normalized spacial score (nSPS) is 23.1. The number of pyridine rings is 1. The van der Waals surface area contributed by atoms with Crippen LogP contribution in [0.2, 0.25) is 0 Å². The van der Waals surface area contributed by atoms with Gasteiger partial charge in [0.15, 0.2) is 0 Å². The molecular weight excluding hydrogens is 282 g/mol. The molecule has 1 saturated carbocycles. The van der Waals surface area contributed by atoms with Gasteiger partial charge >= 0.3 is 6.03 Å². The van der Waals surface area contributed by atoms with Gasteiger partial charge in [-0.15, -0.1) is 0 Å². The molecule has 110 valence electrons. The van der Waals surface area contributed by atoms with Crippen LogP contribution in [0.25, 0.3) is 0 Å². The number of aliphatic hydroxyl groups is 1. The van der Waals surface area contributed by atoms with Gasteiger partial charge in [-0.25, -0.2) is 17.9 Å². The number of rotatable bonds is 3. The van der Waals surface area contributed by atoms with Gasteiger partial charge < -0.3 is 10.4 Å². The van der Waals surface area contributed by atoms with E-state index in [1.807, 2.05) is 4.72 Å². The van der Waals surface area contributed by atoms with Crippen LogP contribution in [0.15, 0.2) is 29.4 Å². The first-order chi connectivity index (χ1) is 9.49. The number of aromatic nitrogens is 1. The summed E-state index contributed by atoms with van der Waals surface area (Å²) in [4.78, 5) is 15.3. The number of amides is 2. The molecule has 0 aliphatic heterocycles. The number of aliphatic hydroxyl groups excluding tert-OH is 1. The molecule has 0 saturated heterocycles. The van der Waals surface area contributed by atoms with Gasteiger partial charge in [0.2, 0.25) is 0 Å². The molecule has 2 rings (SSSR count). The van der Waals surface area contributed by atoms with Gasteiger partial charge in [0.1, 0.15) is 4.90 Å². The van der Waals surface area contributed by atoms with Gasteiger partial charge in [-0.05, 0) is 25.0 Å². The van der Waals surface area contributed by atoms with Crippen molar-refractivity contribution < 1.29 is 18.3 Å². The summed E-state index contributed by atoms with van der Waals surface area (Å²) in [6, 6.07) is 1.57. The Morgan fingerprint density at radius 2 is 2.10 bits per heavy atom. The Kier molecular flexibility index (Phi) is 4.56. The molecule has 20 heavy (non-hydrogen) atoms. The van der Waals surface area contributed by atoms with E-state index < -0.39 is 28.2 Å². The van der Waals surface area contributed by atoms with Gasteiger partial charge in [-0.2, -0.15) is 0 Å². The molecule has 8 heteroatoms. The van der Waals surface area contributed by atoms with Crippen molar-refractivity contribution in [1.29, 1.82) is 0 Å². The molecule has 7 nitrogen and oxygen atoms in total. The first-order valence-corrected chi connectivity index (χ1v) is 7.89. The van der Waals surface area contributed by atoms with E-state index >= 15 is 0 Å². The predicted molar refractivity (Wildman–Crippen MR) is 71.4 cm³/mol. The molecule has 2 atom stereocenters. The van der Waals surface area contributed by atoms with E-state index in [1.54, 1.807) is 0 Å². The maximum atomic E-state index is 11.9. The van der Waals surface area contributed by atoms with Crippen LogP contribution in [-0.4, -0.2) is 36.7 Å². The average molecular weight is 299 g/mol. The van der Waals surface area contributed by atoms with E-state index in [2.05, 4.69) is 10.3 Å². The summed E-state index contributed by atoms with van der Waals surface area (Å²) in [5, 5.41) is 12.2. The Labute approximate surface area is 117 Å². The average Bonchev–Trinajstić information content (AvgIpc) is 2.42. The zero-order valence-electron chi connectivity index (χ0n) is 10.8. The van der Waals surface area contributed by atoms with Gasteiger partial charge in [0.25, 0.3) is 10.0 Å². The molecular formula is C12H17N3O4S. The lowest BCUT2D eigenvalue weighted by atomic mass is 9.93. The molecule has 1 aliphatic carbocycles. The van der Waals surface area contributed by atoms with E-state index in [0.717, 1.165) is 19.0 Å². The van der Waals surface area contributed by atoms with Gasteiger partial charge in [-0.3, -0.25) is 4.98 Å². The van der Waals surface area contributed by atoms with Gasteiger partial charge in [0, 0.05) is 12.4 Å². The molecule has 1 aliphatic rings. The van der Waals surface area contributed by atoms with Crippen molar-refractivity contribution in [1.82, 2.24) is 15.0 Å². The highest BCUT2D eigenvalue weighted by Gasteiger charge is 2.26. The van der Waals surface area contributed by atoms with Crippen LogP contribution in [0.5, 0.6) is 0 Å². The summed E-state index contributed by atoms with van der Waals surface area (Å²) in [6.45, 7) is 0. The van der Waals surface area contributed by atoms with E-state index in [9.17, 15) is 18.3 Å². The number of nitrogens with one attached hydrogen (secondary N) is 2. The van der Waals surface area contributed by atoms with Crippen LogP contribution >= 0.6 is 0 Å². The molecule has 1 aromatic rings. The summed E-state index contributed by atoms with van der Waals surface area (Å²) < 4.78 is 25.7. The van der Waals surface area contributed by atoms with Crippen molar-refractivity contribution in [2.45, 2.75) is 42.7 Å². The van der Waals surface area contributed by atoms with Crippen LogP contribution in [0.3, 0.4) is 0 Å². The monoisotopic (exact) mass is 299 g/mol. The third kappa shape index (κ3) is 3.67. The molecule has 0 unspecified atom stereocenters. The van der Waals surface area contributed by atoms with Crippen LogP contribution < -0.4 is 10.0 Å². The van der Waals surface area contributed by atoms with Crippen LogP contribution in [-0.2, 0) is 10.0 Å². The quantitative estimate of drug-likeness (QED) is 0.747. The van der Waals surface area contributed by atoms with Crippen molar-refractivity contribution in [2.75, 3.05) is 0 Å². The van der Waals surface area contributed by atoms with Crippen LogP contribution in [0.4, 0.5) is 4.79 Å². The lowest BCUT2D eigenvalue weighted by Gasteiger charge is -2.28. The fourth-order valence-corrected chi connectivity index (χ4v) is 3.04. The summed E-state index contributed by atoms with van der Waals surface area (Å²) in [7, 11) is -3.93. The zero-order chi connectivity index (χ0) is 14.6. The molecule has 2 amide bonds. The Balaban J connectivity index is 1.97. The highest BCUT2D eigenvalue weighted by atomic mass is 32.2. The number of hydrogen-bond acceptors (Lipinski definition) is 5. The minimum atomic E-state index is -3.93. The number of urea groups is 1. The Morgan fingerprint density at radius 1 is 1.35 bits per heavy atom. The minimum absolute atomic E-state index is 0.0839. The number of carbonyl (C=O) groups is 1. The summed E-state index contributed by atoms with van der Waals surface area (Å²) in [6.07, 6.45) is 5.03. The SMILES string of the molecule is O=C(N[C@@H]1CCCC[C@H]1O)NS(=O)(=O)c1cccnc1. The van der Waals surface area contributed by atoms with Gasteiger partial charge in [-0.1, -0.05) is 12.8 Å². The largest absolute Gasteiger partial charge is 0.391 e. The molecule has 1 heterocycles.